The normalized spacial score (nSPS) is 25.8. The summed E-state index contributed by atoms with van der Waals surface area (Å²) >= 11 is 0. The lowest BCUT2D eigenvalue weighted by atomic mass is 9.78. The van der Waals surface area contributed by atoms with Crippen LogP contribution in [0.2, 0.25) is 0 Å². The van der Waals surface area contributed by atoms with Crippen molar-refractivity contribution in [1.82, 2.24) is 5.32 Å². The highest BCUT2D eigenvalue weighted by Crippen LogP contribution is 2.33. The highest BCUT2D eigenvalue weighted by molar-refractivity contribution is 5.36. The molecule has 0 unspecified atom stereocenters. The number of methoxy groups -OCH3 is 1. The molecule has 1 aliphatic carbocycles. The van der Waals surface area contributed by atoms with E-state index in [-0.39, 0.29) is 0 Å². The summed E-state index contributed by atoms with van der Waals surface area (Å²) in [6.07, 6.45) is 5.43. The highest BCUT2D eigenvalue weighted by atomic mass is 16.5. The molecule has 0 spiro atoms. The van der Waals surface area contributed by atoms with Crippen LogP contribution in [0.25, 0.3) is 0 Å². The fourth-order valence-electron chi connectivity index (χ4n) is 3.29. The Hall–Kier alpha value is -1.06. The lowest BCUT2D eigenvalue weighted by molar-refractivity contribution is -0.00881. The Morgan fingerprint density at radius 2 is 2.05 bits per heavy atom. The van der Waals surface area contributed by atoms with Crippen molar-refractivity contribution in [3.63, 3.8) is 0 Å². The van der Waals surface area contributed by atoms with Crippen molar-refractivity contribution >= 4 is 0 Å². The van der Waals surface area contributed by atoms with E-state index in [1.54, 1.807) is 7.11 Å². The minimum atomic E-state index is -0.507. The van der Waals surface area contributed by atoms with Gasteiger partial charge in [-0.25, -0.2) is 0 Å². The first-order chi connectivity index (χ1) is 10.1. The Kier molecular flexibility index (Phi) is 5.65. The van der Waals surface area contributed by atoms with Gasteiger partial charge in [0.05, 0.1) is 12.7 Å². The zero-order valence-corrected chi connectivity index (χ0v) is 13.6. The first-order valence-corrected chi connectivity index (χ1v) is 8.13. The van der Waals surface area contributed by atoms with Crippen LogP contribution >= 0.6 is 0 Å². The summed E-state index contributed by atoms with van der Waals surface area (Å²) in [5, 5.41) is 14.0. The topological polar surface area (TPSA) is 41.5 Å². The molecule has 118 valence electrons. The Bertz CT molecular complexity index is 451. The van der Waals surface area contributed by atoms with E-state index in [2.05, 4.69) is 31.3 Å². The minimum absolute atomic E-state index is 0.507. The van der Waals surface area contributed by atoms with Crippen LogP contribution in [-0.2, 0) is 6.54 Å². The average molecular weight is 291 g/mol. The molecule has 0 heterocycles. The number of aryl methyl sites for hydroxylation is 1. The Balaban J connectivity index is 1.80. The Labute approximate surface area is 128 Å². The molecule has 21 heavy (non-hydrogen) atoms. The van der Waals surface area contributed by atoms with E-state index in [0.717, 1.165) is 49.5 Å². The number of ether oxygens (including phenoxy) is 1. The summed E-state index contributed by atoms with van der Waals surface area (Å²) in [5.74, 6) is 1.74. The second-order valence-corrected chi connectivity index (χ2v) is 6.48. The maximum absolute atomic E-state index is 10.6. The first kappa shape index (κ1) is 16.3. The maximum Gasteiger partial charge on any atom is 0.121 e. The summed E-state index contributed by atoms with van der Waals surface area (Å²) in [7, 11) is 1.70. The van der Waals surface area contributed by atoms with Gasteiger partial charge >= 0.3 is 0 Å². The molecule has 3 heteroatoms. The zero-order valence-electron chi connectivity index (χ0n) is 13.6. The van der Waals surface area contributed by atoms with E-state index in [1.165, 1.54) is 12.0 Å². The molecular weight excluding hydrogens is 262 g/mol. The average Bonchev–Trinajstić information content (AvgIpc) is 2.48. The van der Waals surface area contributed by atoms with Crippen molar-refractivity contribution in [2.24, 2.45) is 5.92 Å². The van der Waals surface area contributed by atoms with E-state index >= 15 is 0 Å². The third kappa shape index (κ3) is 4.45. The van der Waals surface area contributed by atoms with Crippen LogP contribution in [-0.4, -0.2) is 24.4 Å². The van der Waals surface area contributed by atoms with Gasteiger partial charge in [-0.15, -0.1) is 0 Å². The van der Waals surface area contributed by atoms with Crippen molar-refractivity contribution < 1.29 is 9.84 Å². The number of rotatable bonds is 6. The summed E-state index contributed by atoms with van der Waals surface area (Å²) < 4.78 is 5.28. The first-order valence-electron chi connectivity index (χ1n) is 8.13. The molecule has 1 aromatic rings. The molecule has 1 fully saturated rings. The molecule has 2 rings (SSSR count). The monoisotopic (exact) mass is 291 g/mol. The molecule has 1 aliphatic rings. The van der Waals surface area contributed by atoms with Crippen LogP contribution in [0.3, 0.4) is 0 Å². The second-order valence-electron chi connectivity index (χ2n) is 6.48. The molecule has 0 aliphatic heterocycles. The van der Waals surface area contributed by atoms with Crippen LogP contribution in [0, 0.1) is 12.8 Å². The van der Waals surface area contributed by atoms with E-state index in [0.29, 0.717) is 6.54 Å². The van der Waals surface area contributed by atoms with E-state index in [4.69, 9.17) is 4.74 Å². The van der Waals surface area contributed by atoms with Crippen LogP contribution in [0.4, 0.5) is 0 Å². The van der Waals surface area contributed by atoms with E-state index in [9.17, 15) is 5.11 Å². The van der Waals surface area contributed by atoms with E-state index < -0.39 is 5.60 Å². The smallest absolute Gasteiger partial charge is 0.121 e. The molecule has 2 N–H and O–H groups in total. The molecule has 1 aromatic carbocycles. The second kappa shape index (κ2) is 7.28. The van der Waals surface area contributed by atoms with Gasteiger partial charge in [0.2, 0.25) is 0 Å². The molecule has 0 radical (unpaired) electrons. The van der Waals surface area contributed by atoms with Gasteiger partial charge in [-0.05, 0) is 55.7 Å². The third-order valence-electron chi connectivity index (χ3n) is 4.86. The number of hydrogen-bond donors (Lipinski definition) is 2. The van der Waals surface area contributed by atoms with Crippen molar-refractivity contribution in [2.75, 3.05) is 13.7 Å². The lowest BCUT2D eigenvalue weighted by Crippen LogP contribution is -2.43. The summed E-state index contributed by atoms with van der Waals surface area (Å²) in [4.78, 5) is 0. The zero-order chi connectivity index (χ0) is 15.3. The molecule has 1 saturated carbocycles. The quantitative estimate of drug-likeness (QED) is 0.844. The highest BCUT2D eigenvalue weighted by Gasteiger charge is 2.31. The maximum atomic E-state index is 10.6. The fraction of sp³-hybridized carbons (Fsp3) is 0.667. The lowest BCUT2D eigenvalue weighted by Gasteiger charge is -2.36. The van der Waals surface area contributed by atoms with Gasteiger partial charge in [-0.1, -0.05) is 25.5 Å². The van der Waals surface area contributed by atoms with Crippen LogP contribution in [0.1, 0.15) is 50.2 Å². The van der Waals surface area contributed by atoms with Crippen molar-refractivity contribution in [3.8, 4) is 5.75 Å². The van der Waals surface area contributed by atoms with Crippen molar-refractivity contribution in [2.45, 2.75) is 58.1 Å². The largest absolute Gasteiger partial charge is 0.496 e. The Morgan fingerprint density at radius 1 is 1.33 bits per heavy atom. The third-order valence-corrected chi connectivity index (χ3v) is 4.86. The van der Waals surface area contributed by atoms with Gasteiger partial charge in [0, 0.05) is 13.1 Å². The van der Waals surface area contributed by atoms with Crippen LogP contribution in [0.15, 0.2) is 18.2 Å². The summed E-state index contributed by atoms with van der Waals surface area (Å²) in [6, 6.07) is 6.23. The van der Waals surface area contributed by atoms with Crippen LogP contribution in [0.5, 0.6) is 5.75 Å². The molecule has 3 nitrogen and oxygen atoms in total. The summed E-state index contributed by atoms with van der Waals surface area (Å²) in [5.41, 5.74) is 1.88. The van der Waals surface area contributed by atoms with Gasteiger partial charge in [0.15, 0.2) is 0 Å². The minimum Gasteiger partial charge on any atom is -0.496 e. The molecule has 0 amide bonds. The number of benzene rings is 1. The molecule has 0 saturated heterocycles. The molecular formula is C18H29NO2. The molecule has 0 bridgehead atoms. The predicted molar refractivity (Wildman–Crippen MR) is 86.6 cm³/mol. The number of hydrogen-bond acceptors (Lipinski definition) is 3. The number of nitrogens with one attached hydrogen (secondary N) is 1. The molecule has 0 atom stereocenters. The van der Waals surface area contributed by atoms with Crippen LogP contribution < -0.4 is 10.1 Å². The van der Waals surface area contributed by atoms with E-state index in [1.807, 2.05) is 6.07 Å². The van der Waals surface area contributed by atoms with Crippen molar-refractivity contribution in [1.29, 1.82) is 0 Å². The van der Waals surface area contributed by atoms with Crippen molar-refractivity contribution in [3.05, 3.63) is 29.3 Å². The van der Waals surface area contributed by atoms with Gasteiger partial charge in [0.1, 0.15) is 5.75 Å². The molecule has 0 aromatic heterocycles. The van der Waals surface area contributed by atoms with Gasteiger partial charge in [-0.3, -0.25) is 0 Å². The predicted octanol–water partition coefficient (Wildman–Crippen LogP) is 3.42. The standard InChI is InChI=1S/C18H29NO2/c1-4-15-7-9-18(20,10-8-15)13-19-12-16-5-6-17(21-3)14(2)11-16/h5-6,11,15,19-20H,4,7-10,12-13H2,1-3H3. The fourth-order valence-corrected chi connectivity index (χ4v) is 3.29. The van der Waals surface area contributed by atoms with Gasteiger partial charge in [0.25, 0.3) is 0 Å². The van der Waals surface area contributed by atoms with Gasteiger partial charge < -0.3 is 15.2 Å². The number of aliphatic hydroxyl groups is 1. The SMILES string of the molecule is CCC1CCC(O)(CNCc2ccc(OC)c(C)c2)CC1. The summed E-state index contributed by atoms with van der Waals surface area (Å²) in [6.45, 7) is 5.79. The Morgan fingerprint density at radius 3 is 2.62 bits per heavy atom. The van der Waals surface area contributed by atoms with Gasteiger partial charge in [-0.2, -0.15) is 0 Å².